The van der Waals surface area contributed by atoms with Crippen LogP contribution in [0.5, 0.6) is 0 Å². The average Bonchev–Trinajstić information content (AvgIpc) is 2.92. The molecule has 0 heteroatoms. The first-order valence-corrected chi connectivity index (χ1v) is 7.64. The molecule has 2 aliphatic carbocycles. The number of rotatable bonds is 2. The number of allylic oxidation sites excluding steroid dienone is 4. The van der Waals surface area contributed by atoms with Crippen molar-refractivity contribution in [2.45, 2.75) is 24.7 Å². The fourth-order valence-electron chi connectivity index (χ4n) is 4.35. The maximum absolute atomic E-state index is 2.41. The van der Waals surface area contributed by atoms with Crippen molar-refractivity contribution in [2.24, 2.45) is 5.41 Å². The minimum atomic E-state index is 0.00407. The molecule has 0 saturated carbocycles. The summed E-state index contributed by atoms with van der Waals surface area (Å²) in [5, 5.41) is 0. The second-order valence-corrected chi connectivity index (χ2v) is 6.76. The van der Waals surface area contributed by atoms with Crippen molar-refractivity contribution in [3.05, 3.63) is 96.1 Å². The third kappa shape index (κ3) is 1.35. The Hall–Kier alpha value is -2.08. The molecule has 0 heterocycles. The van der Waals surface area contributed by atoms with Crippen molar-refractivity contribution < 1.29 is 0 Å². The van der Waals surface area contributed by atoms with Crippen LogP contribution in [0, 0.1) is 5.41 Å². The Morgan fingerprint density at radius 2 is 0.857 bits per heavy atom. The maximum Gasteiger partial charge on any atom is 0.0378 e. The molecule has 0 spiro atoms. The van der Waals surface area contributed by atoms with Gasteiger partial charge in [0.25, 0.3) is 0 Å². The second-order valence-electron chi connectivity index (χ2n) is 6.76. The van der Waals surface area contributed by atoms with E-state index >= 15 is 0 Å². The Kier molecular flexibility index (Phi) is 2.39. The van der Waals surface area contributed by atoms with E-state index < -0.39 is 0 Å². The van der Waals surface area contributed by atoms with Gasteiger partial charge in [-0.1, -0.05) is 98.8 Å². The minimum Gasteiger partial charge on any atom is -0.0724 e. The Morgan fingerprint density at radius 3 is 1.19 bits per heavy atom. The lowest BCUT2D eigenvalue weighted by atomic mass is 9.58. The highest BCUT2D eigenvalue weighted by molar-refractivity contribution is 5.60. The highest BCUT2D eigenvalue weighted by Crippen LogP contribution is 2.65. The summed E-state index contributed by atoms with van der Waals surface area (Å²) in [5.74, 6) is 0. The van der Waals surface area contributed by atoms with Crippen molar-refractivity contribution in [3.63, 3.8) is 0 Å². The van der Waals surface area contributed by atoms with Crippen LogP contribution in [-0.4, -0.2) is 0 Å². The predicted molar refractivity (Wildman–Crippen MR) is 88.3 cm³/mol. The first kappa shape index (κ1) is 12.6. The van der Waals surface area contributed by atoms with Gasteiger partial charge in [0.15, 0.2) is 0 Å². The fourth-order valence-corrected chi connectivity index (χ4v) is 4.35. The van der Waals surface area contributed by atoms with Gasteiger partial charge in [0.05, 0.1) is 0 Å². The molecule has 0 aromatic heterocycles. The summed E-state index contributed by atoms with van der Waals surface area (Å²) < 4.78 is 0. The smallest absolute Gasteiger partial charge is 0.0378 e. The minimum absolute atomic E-state index is 0.00407. The largest absolute Gasteiger partial charge is 0.0724 e. The molecule has 2 bridgehead atoms. The lowest BCUT2D eigenvalue weighted by Crippen LogP contribution is -2.42. The van der Waals surface area contributed by atoms with Gasteiger partial charge in [-0.3, -0.25) is 0 Å². The average molecular weight is 272 g/mol. The van der Waals surface area contributed by atoms with Gasteiger partial charge < -0.3 is 0 Å². The van der Waals surface area contributed by atoms with Gasteiger partial charge in [-0.25, -0.2) is 0 Å². The van der Waals surface area contributed by atoms with E-state index in [4.69, 9.17) is 0 Å². The van der Waals surface area contributed by atoms with Crippen LogP contribution in [0.3, 0.4) is 0 Å². The van der Waals surface area contributed by atoms with Gasteiger partial charge in [-0.05, 0) is 16.5 Å². The first-order chi connectivity index (χ1) is 10.1. The van der Waals surface area contributed by atoms with Crippen LogP contribution >= 0.6 is 0 Å². The highest BCUT2D eigenvalue weighted by atomic mass is 14.6. The van der Waals surface area contributed by atoms with E-state index in [9.17, 15) is 0 Å². The number of hydrogen-bond donors (Lipinski definition) is 0. The molecule has 2 aromatic rings. The molecule has 0 aliphatic heterocycles. The predicted octanol–water partition coefficient (Wildman–Crippen LogP) is 5.03. The highest BCUT2D eigenvalue weighted by Gasteiger charge is 2.62. The van der Waals surface area contributed by atoms with Gasteiger partial charge in [-0.15, -0.1) is 0 Å². The van der Waals surface area contributed by atoms with E-state index in [2.05, 4.69) is 98.8 Å². The van der Waals surface area contributed by atoms with Crippen LogP contribution in [0.25, 0.3) is 0 Å². The molecule has 0 nitrogen and oxygen atoms in total. The summed E-state index contributed by atoms with van der Waals surface area (Å²) in [7, 11) is 0. The standard InChI is InChI=1S/C21H20/c1-19(2)20(17-9-5-3-6-10-17)13-15-21(19,16-14-20)18-11-7-4-8-12-18/h3-16H,1-2H3. The van der Waals surface area contributed by atoms with E-state index in [1.807, 2.05) is 0 Å². The molecular formula is C21H20. The lowest BCUT2D eigenvalue weighted by molar-refractivity contribution is 0.224. The van der Waals surface area contributed by atoms with Gasteiger partial charge in [0.1, 0.15) is 0 Å². The summed E-state index contributed by atoms with van der Waals surface area (Å²) in [6, 6.07) is 21.8. The summed E-state index contributed by atoms with van der Waals surface area (Å²) in [4.78, 5) is 0. The van der Waals surface area contributed by atoms with E-state index in [1.54, 1.807) is 0 Å². The molecule has 2 aliphatic rings. The van der Waals surface area contributed by atoms with E-state index in [0.717, 1.165) is 0 Å². The first-order valence-electron chi connectivity index (χ1n) is 7.64. The van der Waals surface area contributed by atoms with Crippen LogP contribution < -0.4 is 0 Å². The number of fused-ring (bicyclic) bond motifs is 2. The normalized spacial score (nSPS) is 31.7. The van der Waals surface area contributed by atoms with Crippen molar-refractivity contribution in [3.8, 4) is 0 Å². The Labute approximate surface area is 126 Å². The zero-order valence-electron chi connectivity index (χ0n) is 12.6. The van der Waals surface area contributed by atoms with Crippen LogP contribution in [0.4, 0.5) is 0 Å². The van der Waals surface area contributed by atoms with Crippen LogP contribution in [0.15, 0.2) is 85.0 Å². The zero-order valence-corrected chi connectivity index (χ0v) is 12.6. The monoisotopic (exact) mass is 272 g/mol. The second kappa shape index (κ2) is 3.98. The summed E-state index contributed by atoms with van der Waals surface area (Å²) in [6.45, 7) is 4.79. The molecule has 4 rings (SSSR count). The van der Waals surface area contributed by atoms with Crippen molar-refractivity contribution >= 4 is 0 Å². The Balaban J connectivity index is 1.92. The third-order valence-corrected chi connectivity index (χ3v) is 5.79. The quantitative estimate of drug-likeness (QED) is 0.673. The van der Waals surface area contributed by atoms with Gasteiger partial charge >= 0.3 is 0 Å². The van der Waals surface area contributed by atoms with E-state index in [-0.39, 0.29) is 16.2 Å². The van der Waals surface area contributed by atoms with Crippen LogP contribution in [0.2, 0.25) is 0 Å². The molecule has 21 heavy (non-hydrogen) atoms. The molecule has 104 valence electrons. The summed E-state index contributed by atoms with van der Waals surface area (Å²) >= 11 is 0. The molecule has 0 amide bonds. The van der Waals surface area contributed by atoms with Crippen LogP contribution in [0.1, 0.15) is 25.0 Å². The van der Waals surface area contributed by atoms with Crippen LogP contribution in [-0.2, 0) is 10.8 Å². The molecular weight excluding hydrogens is 252 g/mol. The lowest BCUT2D eigenvalue weighted by Gasteiger charge is -2.44. The summed E-state index contributed by atoms with van der Waals surface area (Å²) in [5.41, 5.74) is 2.88. The number of benzene rings is 2. The molecule has 0 radical (unpaired) electrons. The van der Waals surface area contributed by atoms with Crippen molar-refractivity contribution in [1.29, 1.82) is 0 Å². The molecule has 0 N–H and O–H groups in total. The van der Waals surface area contributed by atoms with Gasteiger partial charge in [0.2, 0.25) is 0 Å². The SMILES string of the molecule is CC1(C)C2(c3ccccc3)C=CC1(c1ccccc1)C=C2. The molecule has 0 unspecified atom stereocenters. The van der Waals surface area contributed by atoms with E-state index in [1.165, 1.54) is 11.1 Å². The Morgan fingerprint density at radius 1 is 0.524 bits per heavy atom. The maximum atomic E-state index is 2.41. The number of hydrogen-bond acceptors (Lipinski definition) is 0. The molecule has 0 saturated heterocycles. The van der Waals surface area contributed by atoms with Crippen molar-refractivity contribution in [2.75, 3.05) is 0 Å². The molecule has 0 fully saturated rings. The molecule has 0 atom stereocenters. The summed E-state index contributed by atoms with van der Waals surface area (Å²) in [6.07, 6.45) is 9.65. The Bertz CT molecular complexity index is 642. The zero-order chi connectivity index (χ0) is 14.6. The van der Waals surface area contributed by atoms with Crippen molar-refractivity contribution in [1.82, 2.24) is 0 Å². The fraction of sp³-hybridized carbons (Fsp3) is 0.238. The molecule has 2 aromatic carbocycles. The van der Waals surface area contributed by atoms with Gasteiger partial charge in [0, 0.05) is 10.8 Å². The topological polar surface area (TPSA) is 0 Å². The van der Waals surface area contributed by atoms with Gasteiger partial charge in [-0.2, -0.15) is 0 Å². The third-order valence-electron chi connectivity index (χ3n) is 5.79. The van der Waals surface area contributed by atoms with E-state index in [0.29, 0.717) is 0 Å².